The molecule has 8 heteroatoms. The van der Waals surface area contributed by atoms with E-state index in [1.807, 2.05) is 10.6 Å². The maximum Gasteiger partial charge on any atom is 0.267 e. The molecule has 8 nitrogen and oxygen atoms in total. The number of likely N-dealkylation sites (tertiary alicyclic amines) is 1. The molecule has 0 spiro atoms. The van der Waals surface area contributed by atoms with Crippen LogP contribution in [0.25, 0.3) is 16.7 Å². The van der Waals surface area contributed by atoms with Crippen molar-refractivity contribution < 1.29 is 4.79 Å². The Balaban J connectivity index is 1.55. The van der Waals surface area contributed by atoms with Gasteiger partial charge in [0.25, 0.3) is 11.5 Å². The van der Waals surface area contributed by atoms with Crippen molar-refractivity contribution >= 4 is 22.6 Å². The Kier molecular flexibility index (Phi) is 5.78. The number of carbonyl (C=O) groups is 1. The van der Waals surface area contributed by atoms with Gasteiger partial charge in [-0.1, -0.05) is 25.3 Å². The highest BCUT2D eigenvalue weighted by atomic mass is 16.1. The lowest BCUT2D eigenvalue weighted by molar-refractivity contribution is 0.0944. The Morgan fingerprint density at radius 3 is 2.69 bits per heavy atom. The molecule has 0 unspecified atom stereocenters. The van der Waals surface area contributed by atoms with Crippen molar-refractivity contribution in [3.63, 3.8) is 0 Å². The minimum Gasteiger partial charge on any atom is -0.351 e. The Morgan fingerprint density at radius 2 is 1.91 bits per heavy atom. The average molecular weight is 435 g/mol. The minimum atomic E-state index is -0.293. The number of nitrogens with zero attached hydrogens (tertiary/aromatic N) is 4. The maximum atomic E-state index is 13.3. The molecule has 2 aliphatic rings. The lowest BCUT2D eigenvalue weighted by Crippen LogP contribution is -2.40. The molecule has 2 fully saturated rings. The highest BCUT2D eigenvalue weighted by molar-refractivity contribution is 5.96. The Morgan fingerprint density at radius 1 is 1.12 bits per heavy atom. The summed E-state index contributed by atoms with van der Waals surface area (Å²) in [5.74, 6) is -0.293. The molecule has 5 rings (SSSR count). The van der Waals surface area contributed by atoms with Gasteiger partial charge in [0.05, 0.1) is 10.9 Å². The third kappa shape index (κ3) is 3.83. The van der Waals surface area contributed by atoms with E-state index < -0.39 is 0 Å². The second kappa shape index (κ2) is 8.86. The summed E-state index contributed by atoms with van der Waals surface area (Å²) < 4.78 is 3.33. The van der Waals surface area contributed by atoms with Crippen molar-refractivity contribution in [1.82, 2.24) is 24.2 Å². The first-order valence-electron chi connectivity index (χ1n) is 11.8. The maximum absolute atomic E-state index is 13.3. The van der Waals surface area contributed by atoms with Gasteiger partial charge >= 0.3 is 0 Å². The van der Waals surface area contributed by atoms with Gasteiger partial charge in [-0.3, -0.25) is 19.4 Å². The molecule has 32 heavy (non-hydrogen) atoms. The minimum absolute atomic E-state index is 0.0872. The lowest BCUT2D eigenvalue weighted by Gasteiger charge is -2.26. The van der Waals surface area contributed by atoms with Gasteiger partial charge in [0.1, 0.15) is 16.8 Å². The van der Waals surface area contributed by atoms with Crippen LogP contribution in [-0.4, -0.2) is 50.9 Å². The van der Waals surface area contributed by atoms with Gasteiger partial charge in [-0.15, -0.1) is 0 Å². The Hall–Kier alpha value is -3.00. The van der Waals surface area contributed by atoms with Gasteiger partial charge in [-0.05, 0) is 57.0 Å². The zero-order chi connectivity index (χ0) is 22.1. The molecule has 1 saturated heterocycles. The van der Waals surface area contributed by atoms with E-state index in [9.17, 15) is 9.59 Å². The quantitative estimate of drug-likeness (QED) is 0.603. The van der Waals surface area contributed by atoms with E-state index in [2.05, 4.69) is 10.2 Å². The molecule has 2 N–H and O–H groups in total. The highest BCUT2D eigenvalue weighted by Crippen LogP contribution is 2.30. The molecule has 1 amide bonds. The van der Waals surface area contributed by atoms with Crippen LogP contribution in [0.5, 0.6) is 0 Å². The van der Waals surface area contributed by atoms with E-state index in [0.29, 0.717) is 23.2 Å². The highest BCUT2D eigenvalue weighted by Gasteiger charge is 2.24. The summed E-state index contributed by atoms with van der Waals surface area (Å²) in [5, 5.41) is 12.2. The number of rotatable bonds is 5. The summed E-state index contributed by atoms with van der Waals surface area (Å²) in [6.07, 6.45) is 9.42. The zero-order valence-corrected chi connectivity index (χ0v) is 18.3. The van der Waals surface area contributed by atoms with Crippen LogP contribution in [0.15, 0.2) is 35.3 Å². The molecule has 1 aliphatic carbocycles. The van der Waals surface area contributed by atoms with Gasteiger partial charge in [-0.2, -0.15) is 0 Å². The zero-order valence-electron chi connectivity index (χ0n) is 18.3. The Labute approximate surface area is 186 Å². The van der Waals surface area contributed by atoms with Crippen molar-refractivity contribution in [2.45, 2.75) is 51.0 Å². The molecule has 3 aromatic rings. The molecular weight excluding hydrogens is 404 g/mol. The van der Waals surface area contributed by atoms with Crippen molar-refractivity contribution in [3.05, 3.63) is 51.9 Å². The average Bonchev–Trinajstić information content (AvgIpc) is 3.34. The van der Waals surface area contributed by atoms with Crippen LogP contribution in [0.4, 0.5) is 0 Å². The van der Waals surface area contributed by atoms with Crippen molar-refractivity contribution in [2.24, 2.45) is 0 Å². The molecular formula is C24H30N6O2. The summed E-state index contributed by atoms with van der Waals surface area (Å²) in [6, 6.07) is 7.09. The number of fused-ring (bicyclic) bond motifs is 2. The lowest BCUT2D eigenvalue weighted by atomic mass is 10.1. The van der Waals surface area contributed by atoms with Crippen LogP contribution >= 0.6 is 0 Å². The fourth-order valence-corrected chi connectivity index (χ4v) is 5.15. The Bertz CT molecular complexity index is 1270. The fourth-order valence-electron chi connectivity index (χ4n) is 5.15. The van der Waals surface area contributed by atoms with E-state index in [-0.39, 0.29) is 28.6 Å². The van der Waals surface area contributed by atoms with Crippen molar-refractivity contribution in [1.29, 1.82) is 5.41 Å². The molecule has 4 heterocycles. The van der Waals surface area contributed by atoms with E-state index in [4.69, 9.17) is 10.4 Å². The van der Waals surface area contributed by atoms with Crippen LogP contribution in [0, 0.1) is 5.41 Å². The number of piperidine rings is 1. The normalized spacial score (nSPS) is 17.9. The van der Waals surface area contributed by atoms with Crippen LogP contribution in [0.2, 0.25) is 0 Å². The van der Waals surface area contributed by atoms with Gasteiger partial charge in [0, 0.05) is 25.3 Å². The standard InChI is InChI=1S/C24H30N6O2/c25-21-18(23(31)26-11-15-28-12-5-1-6-13-28)16-19-22(30(21)17-8-2-3-9-17)27-20-10-4-7-14-29(20)24(19)32/h4,7,10,14,16-17,25H,1-3,5-6,8-9,11-13,15H2,(H,26,31). The van der Waals surface area contributed by atoms with Gasteiger partial charge in [0.15, 0.2) is 0 Å². The summed E-state index contributed by atoms with van der Waals surface area (Å²) in [4.78, 5) is 33.5. The van der Waals surface area contributed by atoms with Gasteiger partial charge < -0.3 is 14.8 Å². The smallest absolute Gasteiger partial charge is 0.267 e. The largest absolute Gasteiger partial charge is 0.351 e. The molecule has 1 aliphatic heterocycles. The first-order valence-corrected chi connectivity index (χ1v) is 11.8. The van der Waals surface area contributed by atoms with Gasteiger partial charge in [0.2, 0.25) is 0 Å². The second-order valence-corrected chi connectivity index (χ2v) is 8.96. The molecule has 1 saturated carbocycles. The SMILES string of the molecule is N=c1c(C(=O)NCCN2CCCCC2)cc2c(=O)n3ccccc3nc2n1C1CCCC1. The number of amides is 1. The summed E-state index contributed by atoms with van der Waals surface area (Å²) in [6.45, 7) is 3.50. The van der Waals surface area contributed by atoms with Crippen LogP contribution in [-0.2, 0) is 0 Å². The monoisotopic (exact) mass is 434 g/mol. The van der Waals surface area contributed by atoms with Crippen LogP contribution in [0.1, 0.15) is 61.3 Å². The summed E-state index contributed by atoms with van der Waals surface area (Å²) >= 11 is 0. The predicted molar refractivity (Wildman–Crippen MR) is 123 cm³/mol. The number of hydrogen-bond donors (Lipinski definition) is 2. The third-order valence-corrected chi connectivity index (χ3v) is 6.86. The van der Waals surface area contributed by atoms with E-state index >= 15 is 0 Å². The molecule has 0 aromatic carbocycles. The molecule has 0 bridgehead atoms. The molecule has 168 valence electrons. The van der Waals surface area contributed by atoms with E-state index in [0.717, 1.165) is 45.3 Å². The summed E-state index contributed by atoms with van der Waals surface area (Å²) in [7, 11) is 0. The first-order chi connectivity index (χ1) is 15.6. The predicted octanol–water partition coefficient (Wildman–Crippen LogP) is 2.46. The van der Waals surface area contributed by atoms with Crippen LogP contribution < -0.4 is 16.4 Å². The first kappa shape index (κ1) is 20.9. The summed E-state index contributed by atoms with van der Waals surface area (Å²) in [5.41, 5.74) is 1.24. The van der Waals surface area contributed by atoms with E-state index in [1.54, 1.807) is 24.4 Å². The van der Waals surface area contributed by atoms with Crippen LogP contribution in [0.3, 0.4) is 0 Å². The number of nitrogens with one attached hydrogen (secondary N) is 2. The number of aromatic nitrogens is 3. The number of carbonyl (C=O) groups excluding carboxylic acids is 1. The van der Waals surface area contributed by atoms with E-state index in [1.165, 1.54) is 23.7 Å². The number of hydrogen-bond acceptors (Lipinski definition) is 5. The third-order valence-electron chi connectivity index (χ3n) is 6.86. The molecule has 0 atom stereocenters. The second-order valence-electron chi connectivity index (χ2n) is 8.96. The number of pyridine rings is 2. The molecule has 3 aromatic heterocycles. The van der Waals surface area contributed by atoms with Gasteiger partial charge in [-0.25, -0.2) is 4.98 Å². The topological polar surface area (TPSA) is 95.5 Å². The fraction of sp³-hybridized carbons (Fsp3) is 0.500. The van der Waals surface area contributed by atoms with Crippen molar-refractivity contribution in [2.75, 3.05) is 26.2 Å². The van der Waals surface area contributed by atoms with Crippen molar-refractivity contribution in [3.8, 4) is 0 Å². The molecule has 0 radical (unpaired) electrons.